The molecule has 1 rings (SSSR count). The predicted octanol–water partition coefficient (Wildman–Crippen LogP) is 4.03. The molecule has 0 unspecified atom stereocenters. The molecule has 0 aromatic carbocycles. The summed E-state index contributed by atoms with van der Waals surface area (Å²) >= 11 is 8.36. The summed E-state index contributed by atoms with van der Waals surface area (Å²) in [5.74, 6) is -0.768. The Labute approximate surface area is 104 Å². The number of carbonyl (C=O) groups is 1. The van der Waals surface area contributed by atoms with Crippen LogP contribution in [0.15, 0.2) is 14.3 Å². The van der Waals surface area contributed by atoms with Crippen molar-refractivity contribution in [3.63, 3.8) is 0 Å². The van der Waals surface area contributed by atoms with E-state index in [0.29, 0.717) is 0 Å². The lowest BCUT2D eigenvalue weighted by molar-refractivity contribution is -0.138. The van der Waals surface area contributed by atoms with Gasteiger partial charge in [0.15, 0.2) is 0 Å². The topological polar surface area (TPSA) is 37.3 Å². The van der Waals surface area contributed by atoms with Crippen molar-refractivity contribution in [2.45, 2.75) is 25.7 Å². The lowest BCUT2D eigenvalue weighted by Crippen LogP contribution is -2.20. The average Bonchev–Trinajstić information content (AvgIpc) is 2.30. The molecule has 0 aliphatic heterocycles. The van der Waals surface area contributed by atoms with Crippen LogP contribution in [0.5, 0.6) is 0 Å². The van der Waals surface area contributed by atoms with Crippen molar-refractivity contribution < 1.29 is 9.90 Å². The fourth-order valence-corrected chi connectivity index (χ4v) is 3.28. The summed E-state index contributed by atoms with van der Waals surface area (Å²) in [5.41, 5.74) is -0.314. The van der Waals surface area contributed by atoms with Gasteiger partial charge in [0, 0.05) is 14.8 Å². The molecule has 1 aromatic rings. The second-order valence-corrected chi connectivity index (χ2v) is 6.91. The van der Waals surface area contributed by atoms with Crippen LogP contribution in [-0.4, -0.2) is 11.1 Å². The van der Waals surface area contributed by atoms with E-state index in [-0.39, 0.29) is 11.8 Å². The molecule has 0 spiro atoms. The van der Waals surface area contributed by atoms with Gasteiger partial charge in [-0.2, -0.15) is 0 Å². The van der Waals surface area contributed by atoms with Gasteiger partial charge in [0.1, 0.15) is 0 Å². The van der Waals surface area contributed by atoms with Crippen LogP contribution >= 0.6 is 43.2 Å². The largest absolute Gasteiger partial charge is 0.481 e. The van der Waals surface area contributed by atoms with Gasteiger partial charge in [-0.1, -0.05) is 13.8 Å². The average molecular weight is 342 g/mol. The van der Waals surface area contributed by atoms with Crippen molar-refractivity contribution in [2.24, 2.45) is 0 Å². The number of aliphatic carboxylic acids is 1. The number of rotatable bonds is 3. The molecule has 14 heavy (non-hydrogen) atoms. The van der Waals surface area contributed by atoms with Gasteiger partial charge in [-0.05, 0) is 37.9 Å². The van der Waals surface area contributed by atoms with Gasteiger partial charge in [0.25, 0.3) is 0 Å². The Kier molecular flexibility index (Phi) is 3.77. The smallest absolute Gasteiger partial charge is 0.304 e. The zero-order chi connectivity index (χ0) is 10.9. The van der Waals surface area contributed by atoms with E-state index in [4.69, 9.17) is 5.11 Å². The summed E-state index contributed by atoms with van der Waals surface area (Å²) in [6, 6.07) is 1.97. The molecule has 0 aliphatic carbocycles. The molecular formula is C9H10Br2O2S. The molecule has 1 heterocycles. The maximum Gasteiger partial charge on any atom is 0.304 e. The molecule has 1 aromatic heterocycles. The van der Waals surface area contributed by atoms with Crippen LogP contribution in [0.25, 0.3) is 0 Å². The van der Waals surface area contributed by atoms with Gasteiger partial charge in [-0.3, -0.25) is 4.79 Å². The summed E-state index contributed by atoms with van der Waals surface area (Å²) in [6.45, 7) is 3.87. The normalized spacial score (nSPS) is 11.7. The van der Waals surface area contributed by atoms with Gasteiger partial charge in [0.05, 0.1) is 10.2 Å². The first-order chi connectivity index (χ1) is 6.33. The Hall–Kier alpha value is 0.130. The highest BCUT2D eigenvalue weighted by molar-refractivity contribution is 9.13. The Morgan fingerprint density at radius 3 is 2.50 bits per heavy atom. The van der Waals surface area contributed by atoms with E-state index >= 15 is 0 Å². The molecular weight excluding hydrogens is 332 g/mol. The highest BCUT2D eigenvalue weighted by Crippen LogP contribution is 2.40. The molecule has 78 valence electrons. The zero-order valence-corrected chi connectivity index (χ0v) is 11.8. The van der Waals surface area contributed by atoms with Gasteiger partial charge < -0.3 is 5.11 Å². The van der Waals surface area contributed by atoms with E-state index in [2.05, 4.69) is 31.9 Å². The minimum atomic E-state index is -0.768. The lowest BCUT2D eigenvalue weighted by atomic mass is 9.88. The van der Waals surface area contributed by atoms with Crippen molar-refractivity contribution >= 4 is 49.2 Å². The minimum absolute atomic E-state index is 0.145. The third-order valence-electron chi connectivity index (χ3n) is 1.91. The van der Waals surface area contributed by atoms with E-state index in [1.165, 1.54) is 0 Å². The van der Waals surface area contributed by atoms with Crippen molar-refractivity contribution in [2.75, 3.05) is 0 Å². The summed E-state index contributed by atoms with van der Waals surface area (Å²) < 4.78 is 1.99. The molecule has 2 nitrogen and oxygen atoms in total. The Bertz CT molecular complexity index is 338. The summed E-state index contributed by atoms with van der Waals surface area (Å²) in [6.07, 6.45) is 0.145. The first-order valence-electron chi connectivity index (χ1n) is 4.00. The number of carboxylic acid groups (broad SMARTS) is 1. The molecule has 0 atom stereocenters. The van der Waals surface area contributed by atoms with Gasteiger partial charge >= 0.3 is 5.97 Å². The minimum Gasteiger partial charge on any atom is -0.481 e. The Morgan fingerprint density at radius 1 is 1.57 bits per heavy atom. The Balaban J connectivity index is 2.97. The van der Waals surface area contributed by atoms with Crippen molar-refractivity contribution in [1.82, 2.24) is 0 Å². The molecule has 0 amide bonds. The molecule has 1 N–H and O–H groups in total. The SMILES string of the molecule is CC(C)(CC(=O)O)c1cc(Br)c(Br)s1. The van der Waals surface area contributed by atoms with Gasteiger partial charge in [-0.15, -0.1) is 11.3 Å². The van der Waals surface area contributed by atoms with Gasteiger partial charge in [-0.25, -0.2) is 0 Å². The van der Waals surface area contributed by atoms with E-state index in [0.717, 1.165) is 13.1 Å². The van der Waals surface area contributed by atoms with Gasteiger partial charge in [0.2, 0.25) is 0 Å². The third kappa shape index (κ3) is 2.81. The van der Waals surface area contributed by atoms with Crippen LogP contribution in [0.3, 0.4) is 0 Å². The van der Waals surface area contributed by atoms with Crippen LogP contribution in [0.2, 0.25) is 0 Å². The van der Waals surface area contributed by atoms with Crippen molar-refractivity contribution in [1.29, 1.82) is 0 Å². The first kappa shape index (κ1) is 12.2. The Morgan fingerprint density at radius 2 is 2.14 bits per heavy atom. The highest BCUT2D eigenvalue weighted by Gasteiger charge is 2.26. The molecule has 0 bridgehead atoms. The molecule has 0 saturated carbocycles. The number of halogens is 2. The van der Waals surface area contributed by atoms with Crippen molar-refractivity contribution in [3.8, 4) is 0 Å². The van der Waals surface area contributed by atoms with Crippen LogP contribution in [0, 0.1) is 0 Å². The quantitative estimate of drug-likeness (QED) is 0.901. The number of carboxylic acids is 1. The first-order valence-corrected chi connectivity index (χ1v) is 6.40. The second-order valence-electron chi connectivity index (χ2n) is 3.69. The fourth-order valence-electron chi connectivity index (χ4n) is 1.15. The summed E-state index contributed by atoms with van der Waals surface area (Å²) in [7, 11) is 0. The summed E-state index contributed by atoms with van der Waals surface area (Å²) in [4.78, 5) is 11.7. The molecule has 0 radical (unpaired) electrons. The highest BCUT2D eigenvalue weighted by atomic mass is 79.9. The van der Waals surface area contributed by atoms with E-state index < -0.39 is 5.97 Å². The van der Waals surface area contributed by atoms with Crippen LogP contribution in [0.1, 0.15) is 25.1 Å². The molecule has 5 heteroatoms. The third-order valence-corrected chi connectivity index (χ3v) is 5.53. The van der Waals surface area contributed by atoms with Crippen LogP contribution in [0.4, 0.5) is 0 Å². The van der Waals surface area contributed by atoms with E-state index in [1.54, 1.807) is 11.3 Å². The van der Waals surface area contributed by atoms with E-state index in [9.17, 15) is 4.79 Å². The lowest BCUT2D eigenvalue weighted by Gasteiger charge is -2.20. The predicted molar refractivity (Wildman–Crippen MR) is 65.0 cm³/mol. The van der Waals surface area contributed by atoms with Crippen molar-refractivity contribution in [3.05, 3.63) is 19.2 Å². The van der Waals surface area contributed by atoms with Crippen LogP contribution in [-0.2, 0) is 10.2 Å². The standard InChI is InChI=1S/C9H10Br2O2S/c1-9(2,4-7(12)13)6-3-5(10)8(11)14-6/h3H,4H2,1-2H3,(H,12,13). The number of thiophene rings is 1. The maximum atomic E-state index is 10.7. The van der Waals surface area contributed by atoms with E-state index in [1.807, 2.05) is 19.9 Å². The number of hydrogen-bond acceptors (Lipinski definition) is 2. The van der Waals surface area contributed by atoms with Crippen LogP contribution < -0.4 is 0 Å². The monoisotopic (exact) mass is 340 g/mol. The fraction of sp³-hybridized carbons (Fsp3) is 0.444. The maximum absolute atomic E-state index is 10.7. The zero-order valence-electron chi connectivity index (χ0n) is 7.80. The second kappa shape index (κ2) is 4.33. The molecule has 0 fully saturated rings. The summed E-state index contributed by atoms with van der Waals surface area (Å²) in [5, 5.41) is 8.77. The number of hydrogen-bond donors (Lipinski definition) is 1. The molecule has 0 aliphatic rings. The molecule has 0 saturated heterocycles.